The minimum absolute atomic E-state index is 0.0763. The number of pyridine rings is 1. The Bertz CT molecular complexity index is 1680. The highest BCUT2D eigenvalue weighted by atomic mass is 35.5. The number of fused-ring (bicyclic) bond motifs is 1. The SMILES string of the molecule is CC(=N)/C(=N\O)C(=O)N[C@H](C(=O)Nc1ccc2c(c1)CC(C(=O)Nc1cnccc1Cl)(N1C[C@@H](C(C)C)NC1=O)C2)C(C1CC1)C1CC1. The van der Waals surface area contributed by atoms with Crippen molar-refractivity contribution < 1.29 is 24.4 Å². The molecule has 5 amide bonds. The molecular formula is C34H41ClN8O5. The molecule has 1 aromatic carbocycles. The molecule has 3 aliphatic carbocycles. The second-order valence-corrected chi connectivity index (χ2v) is 14.3. The van der Waals surface area contributed by atoms with Crippen molar-refractivity contribution in [3.8, 4) is 0 Å². The largest absolute Gasteiger partial charge is 0.410 e. The van der Waals surface area contributed by atoms with Gasteiger partial charge in [0.1, 0.15) is 11.6 Å². The summed E-state index contributed by atoms with van der Waals surface area (Å²) in [6.07, 6.45) is 7.35. The van der Waals surface area contributed by atoms with Gasteiger partial charge >= 0.3 is 6.03 Å². The van der Waals surface area contributed by atoms with Crippen LogP contribution in [0.3, 0.4) is 0 Å². The van der Waals surface area contributed by atoms with Crippen molar-refractivity contribution in [3.05, 3.63) is 52.8 Å². The zero-order valence-electron chi connectivity index (χ0n) is 27.2. The smallest absolute Gasteiger partial charge is 0.318 e. The molecular weight excluding hydrogens is 636 g/mol. The van der Waals surface area contributed by atoms with E-state index in [-0.39, 0.29) is 48.4 Å². The number of rotatable bonds is 12. The number of benzene rings is 1. The van der Waals surface area contributed by atoms with Gasteiger partial charge in [-0.05, 0) is 85.6 Å². The van der Waals surface area contributed by atoms with E-state index in [1.807, 2.05) is 26.0 Å². The van der Waals surface area contributed by atoms with Crippen molar-refractivity contribution in [1.82, 2.24) is 20.5 Å². The fraction of sp³-hybridized carbons (Fsp3) is 0.500. The first-order valence-electron chi connectivity index (χ1n) is 16.4. The first-order valence-corrected chi connectivity index (χ1v) is 16.8. The molecule has 2 aromatic rings. The zero-order valence-corrected chi connectivity index (χ0v) is 27.9. The number of carbonyl (C=O) groups is 4. The average molecular weight is 677 g/mol. The Labute approximate surface area is 283 Å². The second kappa shape index (κ2) is 13.2. The predicted molar refractivity (Wildman–Crippen MR) is 180 cm³/mol. The van der Waals surface area contributed by atoms with Gasteiger partial charge in [0.15, 0.2) is 5.71 Å². The Morgan fingerprint density at radius 1 is 1.10 bits per heavy atom. The van der Waals surface area contributed by atoms with Gasteiger partial charge < -0.3 is 36.8 Å². The lowest BCUT2D eigenvalue weighted by atomic mass is 9.88. The number of nitrogens with one attached hydrogen (secondary N) is 5. The maximum atomic E-state index is 14.2. The van der Waals surface area contributed by atoms with Crippen LogP contribution in [-0.4, -0.2) is 74.4 Å². The van der Waals surface area contributed by atoms with E-state index < -0.39 is 29.1 Å². The predicted octanol–water partition coefficient (Wildman–Crippen LogP) is 3.99. The summed E-state index contributed by atoms with van der Waals surface area (Å²) in [5, 5.41) is 32.2. The van der Waals surface area contributed by atoms with Crippen LogP contribution in [0.4, 0.5) is 16.2 Å². The number of hydrogen-bond donors (Lipinski definition) is 6. The first-order chi connectivity index (χ1) is 22.9. The molecule has 254 valence electrons. The molecule has 6 rings (SSSR count). The molecule has 0 spiro atoms. The van der Waals surface area contributed by atoms with Crippen molar-refractivity contribution >= 4 is 58.2 Å². The molecule has 1 saturated heterocycles. The number of amides is 5. The van der Waals surface area contributed by atoms with Gasteiger partial charge in [-0.2, -0.15) is 0 Å². The van der Waals surface area contributed by atoms with Crippen molar-refractivity contribution in [2.45, 2.75) is 76.9 Å². The van der Waals surface area contributed by atoms with Gasteiger partial charge in [0, 0.05) is 31.3 Å². The van der Waals surface area contributed by atoms with Crippen LogP contribution in [0.25, 0.3) is 0 Å². The number of oxime groups is 1. The minimum atomic E-state index is -1.26. The zero-order chi connectivity index (χ0) is 34.3. The highest BCUT2D eigenvalue weighted by Crippen LogP contribution is 2.51. The monoisotopic (exact) mass is 676 g/mol. The molecule has 1 aliphatic heterocycles. The fourth-order valence-electron chi connectivity index (χ4n) is 7.17. The highest BCUT2D eigenvalue weighted by Gasteiger charge is 2.54. The molecule has 14 heteroatoms. The van der Waals surface area contributed by atoms with E-state index in [1.165, 1.54) is 19.3 Å². The average Bonchev–Trinajstić information content (AvgIpc) is 3.97. The molecule has 4 aliphatic rings. The summed E-state index contributed by atoms with van der Waals surface area (Å²) in [4.78, 5) is 60.2. The minimum Gasteiger partial charge on any atom is -0.410 e. The van der Waals surface area contributed by atoms with E-state index in [9.17, 15) is 24.4 Å². The Balaban J connectivity index is 1.27. The standard InChI is InChI=1S/C34H41ClN8O5/c1-17(2)26-16-43(33(47)40-26)34(32(46)39-25-15-37-11-10-24(25)35)13-21-8-9-23(12-22(21)14-34)38-31(45)29(27(19-4-5-19)20-6-7-20)41-30(44)28(42-48)18(3)36/h8-12,15,17,19-20,26-27,29,36,48H,4-7,13-14,16H2,1-3H3,(H,38,45)(H,39,46)(H,40,47)(H,41,44)/b36-18?,42-28+/t26-,29-,34?/m0/s1. The topological polar surface area (TPSA) is 189 Å². The summed E-state index contributed by atoms with van der Waals surface area (Å²) < 4.78 is 0. The molecule has 3 atom stereocenters. The number of halogens is 1. The van der Waals surface area contributed by atoms with Crippen LogP contribution in [0, 0.1) is 29.1 Å². The second-order valence-electron chi connectivity index (χ2n) is 13.9. The third kappa shape index (κ3) is 6.60. The molecule has 1 unspecified atom stereocenters. The van der Waals surface area contributed by atoms with E-state index in [4.69, 9.17) is 17.0 Å². The number of urea groups is 1. The van der Waals surface area contributed by atoms with E-state index in [2.05, 4.69) is 31.4 Å². The molecule has 0 radical (unpaired) electrons. The van der Waals surface area contributed by atoms with Crippen LogP contribution in [0.2, 0.25) is 5.02 Å². The van der Waals surface area contributed by atoms with Crippen LogP contribution < -0.4 is 21.3 Å². The Kier molecular flexibility index (Phi) is 9.16. The van der Waals surface area contributed by atoms with Crippen LogP contribution in [0.1, 0.15) is 57.6 Å². The lowest BCUT2D eigenvalue weighted by molar-refractivity contribution is -0.125. The maximum absolute atomic E-state index is 14.2. The van der Waals surface area contributed by atoms with E-state index in [0.717, 1.165) is 36.8 Å². The van der Waals surface area contributed by atoms with Crippen molar-refractivity contribution in [1.29, 1.82) is 5.41 Å². The van der Waals surface area contributed by atoms with Crippen LogP contribution in [0.5, 0.6) is 0 Å². The summed E-state index contributed by atoms with van der Waals surface area (Å²) in [5.74, 6) is -0.884. The van der Waals surface area contributed by atoms with Gasteiger partial charge in [-0.25, -0.2) is 4.79 Å². The van der Waals surface area contributed by atoms with Gasteiger partial charge in [0.05, 0.1) is 28.7 Å². The molecule has 48 heavy (non-hydrogen) atoms. The summed E-state index contributed by atoms with van der Waals surface area (Å²) in [6.45, 7) is 5.73. The van der Waals surface area contributed by atoms with Gasteiger partial charge in [0.25, 0.3) is 11.8 Å². The van der Waals surface area contributed by atoms with E-state index in [1.54, 1.807) is 17.0 Å². The highest BCUT2D eigenvalue weighted by molar-refractivity contribution is 6.65. The quantitative estimate of drug-likeness (QED) is 0.112. The van der Waals surface area contributed by atoms with Crippen LogP contribution >= 0.6 is 11.6 Å². The normalized spacial score (nSPS) is 22.7. The number of nitrogens with zero attached hydrogens (tertiary/aromatic N) is 3. The Morgan fingerprint density at radius 2 is 1.79 bits per heavy atom. The van der Waals surface area contributed by atoms with Crippen LogP contribution in [0.15, 0.2) is 41.8 Å². The van der Waals surface area contributed by atoms with Crippen molar-refractivity contribution in [2.75, 3.05) is 17.2 Å². The van der Waals surface area contributed by atoms with Crippen LogP contribution in [-0.2, 0) is 27.2 Å². The number of carbonyl (C=O) groups excluding carboxylic acids is 4. The third-order valence-corrected chi connectivity index (χ3v) is 10.4. The van der Waals surface area contributed by atoms with Gasteiger partial charge in [-0.15, -0.1) is 0 Å². The fourth-order valence-corrected chi connectivity index (χ4v) is 7.32. The number of anilines is 2. The van der Waals surface area contributed by atoms with Gasteiger partial charge in [-0.1, -0.05) is 36.7 Å². The molecule has 1 aromatic heterocycles. The maximum Gasteiger partial charge on any atom is 0.318 e. The van der Waals surface area contributed by atoms with Crippen molar-refractivity contribution in [3.63, 3.8) is 0 Å². The third-order valence-electron chi connectivity index (χ3n) is 10.1. The number of hydrogen-bond acceptors (Lipinski definition) is 8. The Hall–Kier alpha value is -4.52. The first kappa shape index (κ1) is 33.4. The summed E-state index contributed by atoms with van der Waals surface area (Å²) in [7, 11) is 0. The molecule has 3 fully saturated rings. The summed E-state index contributed by atoms with van der Waals surface area (Å²) >= 11 is 6.36. The molecule has 6 N–H and O–H groups in total. The Morgan fingerprint density at radius 3 is 2.38 bits per heavy atom. The molecule has 0 bridgehead atoms. The van der Waals surface area contributed by atoms with E-state index in [0.29, 0.717) is 34.8 Å². The van der Waals surface area contributed by atoms with Gasteiger partial charge in [-0.3, -0.25) is 19.4 Å². The molecule has 13 nitrogen and oxygen atoms in total. The summed E-state index contributed by atoms with van der Waals surface area (Å²) in [6, 6.07) is 5.66. The van der Waals surface area contributed by atoms with E-state index >= 15 is 0 Å². The molecule has 2 saturated carbocycles. The molecule has 2 heterocycles. The summed E-state index contributed by atoms with van der Waals surface area (Å²) in [5.41, 5.74) is 0.577. The lowest BCUT2D eigenvalue weighted by Gasteiger charge is -2.36. The van der Waals surface area contributed by atoms with Crippen molar-refractivity contribution in [2.24, 2.45) is 28.8 Å². The number of aromatic nitrogens is 1. The lowest BCUT2D eigenvalue weighted by Crippen LogP contribution is -2.59. The van der Waals surface area contributed by atoms with Gasteiger partial charge in [0.2, 0.25) is 5.91 Å².